The summed E-state index contributed by atoms with van der Waals surface area (Å²) in [6.45, 7) is 4.30. The Morgan fingerprint density at radius 1 is 0.893 bits per heavy atom. The molecule has 7 heteroatoms. The van der Waals surface area contributed by atoms with Gasteiger partial charge >= 0.3 is 0 Å². The largest absolute Gasteiger partial charge is 0.497 e. The van der Waals surface area contributed by atoms with Crippen molar-refractivity contribution in [2.75, 3.05) is 17.1 Å². The van der Waals surface area contributed by atoms with Gasteiger partial charge in [-0.3, -0.25) is 4.72 Å². The minimum atomic E-state index is -3.71. The third-order valence-corrected chi connectivity index (χ3v) is 5.61. The molecule has 0 aliphatic heterocycles. The molecule has 0 radical (unpaired) electrons. The molecule has 0 saturated carbocycles. The lowest BCUT2D eigenvalue weighted by molar-refractivity contribution is 0.414. The topological polar surface area (TPSA) is 80.3 Å². The third kappa shape index (κ3) is 4.80. The summed E-state index contributed by atoms with van der Waals surface area (Å²) >= 11 is 0. The Bertz CT molecular complexity index is 1010. The van der Waals surface area contributed by atoms with Crippen LogP contribution in [0, 0.1) is 0 Å². The zero-order valence-electron chi connectivity index (χ0n) is 16.0. The van der Waals surface area contributed by atoms with Crippen molar-refractivity contribution in [1.29, 1.82) is 0 Å². The average molecular weight is 398 g/mol. The van der Waals surface area contributed by atoms with E-state index in [9.17, 15) is 8.42 Å². The molecular weight excluding hydrogens is 374 g/mol. The highest BCUT2D eigenvalue weighted by molar-refractivity contribution is 7.92. The Morgan fingerprint density at radius 2 is 1.54 bits per heavy atom. The van der Waals surface area contributed by atoms with Crippen LogP contribution in [0.3, 0.4) is 0 Å². The van der Waals surface area contributed by atoms with Crippen LogP contribution in [-0.2, 0) is 10.0 Å². The summed E-state index contributed by atoms with van der Waals surface area (Å²) in [5, 5.41) is 3.25. The van der Waals surface area contributed by atoms with Crippen LogP contribution in [0.15, 0.2) is 71.8 Å². The van der Waals surface area contributed by atoms with Gasteiger partial charge in [-0.25, -0.2) is 13.4 Å². The molecular formula is C21H23N3O3S. The Morgan fingerprint density at radius 3 is 2.07 bits per heavy atom. The van der Waals surface area contributed by atoms with Crippen molar-refractivity contribution in [3.8, 4) is 5.75 Å². The number of benzene rings is 2. The van der Waals surface area contributed by atoms with Crippen LogP contribution in [0.25, 0.3) is 0 Å². The molecule has 0 aliphatic carbocycles. The number of anilines is 3. The standard InChI is InChI=1S/C21H23N3O3S/c1-15(2)16-4-6-17(7-5-16)23-18-8-13-21(22-14-18)24-28(25,26)20-11-9-19(27-3)10-12-20/h4-15,23H,1-3H3,(H,22,24). The van der Waals surface area contributed by atoms with Gasteiger partial charge in [-0.1, -0.05) is 26.0 Å². The first-order chi connectivity index (χ1) is 13.4. The lowest BCUT2D eigenvalue weighted by atomic mass is 10.0. The summed E-state index contributed by atoms with van der Waals surface area (Å²) in [6, 6.07) is 17.7. The van der Waals surface area contributed by atoms with E-state index in [1.165, 1.54) is 24.8 Å². The summed E-state index contributed by atoms with van der Waals surface area (Å²) in [4.78, 5) is 4.33. The molecule has 1 heterocycles. The average Bonchev–Trinajstić information content (AvgIpc) is 2.70. The molecule has 1 aromatic heterocycles. The second-order valence-electron chi connectivity index (χ2n) is 6.61. The van der Waals surface area contributed by atoms with Crippen molar-refractivity contribution in [2.24, 2.45) is 0 Å². The zero-order valence-corrected chi connectivity index (χ0v) is 16.8. The van der Waals surface area contributed by atoms with Crippen LogP contribution >= 0.6 is 0 Å². The Hall–Kier alpha value is -3.06. The molecule has 0 amide bonds. The van der Waals surface area contributed by atoms with Crippen molar-refractivity contribution in [2.45, 2.75) is 24.7 Å². The van der Waals surface area contributed by atoms with E-state index in [4.69, 9.17) is 4.74 Å². The number of aromatic nitrogens is 1. The van der Waals surface area contributed by atoms with Crippen LogP contribution in [-0.4, -0.2) is 20.5 Å². The lowest BCUT2D eigenvalue weighted by Gasteiger charge is -2.11. The molecule has 28 heavy (non-hydrogen) atoms. The predicted octanol–water partition coefficient (Wildman–Crippen LogP) is 4.76. The molecule has 0 bridgehead atoms. The third-order valence-electron chi connectivity index (χ3n) is 4.24. The maximum absolute atomic E-state index is 12.5. The van der Waals surface area contributed by atoms with Gasteiger partial charge in [0.25, 0.3) is 10.0 Å². The highest BCUT2D eigenvalue weighted by Gasteiger charge is 2.14. The van der Waals surface area contributed by atoms with E-state index < -0.39 is 10.0 Å². The van der Waals surface area contributed by atoms with Crippen LogP contribution in [0.1, 0.15) is 25.3 Å². The van der Waals surface area contributed by atoms with Gasteiger partial charge in [0, 0.05) is 5.69 Å². The highest BCUT2D eigenvalue weighted by Crippen LogP contribution is 2.22. The summed E-state index contributed by atoms with van der Waals surface area (Å²) in [6.07, 6.45) is 1.59. The van der Waals surface area contributed by atoms with Gasteiger partial charge in [-0.15, -0.1) is 0 Å². The van der Waals surface area contributed by atoms with Crippen molar-refractivity contribution < 1.29 is 13.2 Å². The number of sulfonamides is 1. The Kier molecular flexibility index (Phi) is 5.84. The first-order valence-electron chi connectivity index (χ1n) is 8.87. The molecule has 2 N–H and O–H groups in total. The minimum Gasteiger partial charge on any atom is -0.497 e. The summed E-state index contributed by atoms with van der Waals surface area (Å²) in [5.74, 6) is 1.32. The monoisotopic (exact) mass is 397 g/mol. The van der Waals surface area contributed by atoms with Gasteiger partial charge in [0.2, 0.25) is 0 Å². The van der Waals surface area contributed by atoms with Crippen LogP contribution in [0.2, 0.25) is 0 Å². The highest BCUT2D eigenvalue weighted by atomic mass is 32.2. The fraction of sp³-hybridized carbons (Fsp3) is 0.190. The molecule has 0 spiro atoms. The number of nitrogens with one attached hydrogen (secondary N) is 2. The van der Waals surface area contributed by atoms with E-state index in [1.807, 2.05) is 12.1 Å². The van der Waals surface area contributed by atoms with E-state index in [-0.39, 0.29) is 10.7 Å². The van der Waals surface area contributed by atoms with Crippen LogP contribution in [0.4, 0.5) is 17.2 Å². The van der Waals surface area contributed by atoms with Crippen molar-refractivity contribution in [1.82, 2.24) is 4.98 Å². The SMILES string of the molecule is COc1ccc(S(=O)(=O)Nc2ccc(Nc3ccc(C(C)C)cc3)cn2)cc1. The molecule has 146 valence electrons. The number of ether oxygens (including phenoxy) is 1. The van der Waals surface area contributed by atoms with Gasteiger partial charge < -0.3 is 10.1 Å². The maximum atomic E-state index is 12.5. The molecule has 3 rings (SSSR count). The first kappa shape index (κ1) is 19.7. The van der Waals surface area contributed by atoms with E-state index in [1.54, 1.807) is 30.5 Å². The fourth-order valence-electron chi connectivity index (χ4n) is 2.60. The molecule has 3 aromatic rings. The van der Waals surface area contributed by atoms with Gasteiger partial charge in [0.05, 0.1) is 23.9 Å². The van der Waals surface area contributed by atoms with Gasteiger partial charge in [-0.2, -0.15) is 0 Å². The first-order valence-corrected chi connectivity index (χ1v) is 10.4. The molecule has 0 fully saturated rings. The second kappa shape index (κ2) is 8.31. The van der Waals surface area contributed by atoms with Gasteiger partial charge in [0.15, 0.2) is 0 Å². The van der Waals surface area contributed by atoms with E-state index >= 15 is 0 Å². The molecule has 0 unspecified atom stereocenters. The van der Waals surface area contributed by atoms with Crippen molar-refractivity contribution in [3.05, 3.63) is 72.4 Å². The van der Waals surface area contributed by atoms with E-state index in [0.29, 0.717) is 11.7 Å². The maximum Gasteiger partial charge on any atom is 0.263 e. The normalized spacial score (nSPS) is 11.3. The fourth-order valence-corrected chi connectivity index (χ4v) is 3.61. The zero-order chi connectivity index (χ0) is 20.1. The molecule has 2 aromatic carbocycles. The quantitative estimate of drug-likeness (QED) is 0.601. The van der Waals surface area contributed by atoms with E-state index in [2.05, 4.69) is 41.0 Å². The lowest BCUT2D eigenvalue weighted by Crippen LogP contribution is -2.13. The predicted molar refractivity (Wildman–Crippen MR) is 112 cm³/mol. The number of pyridine rings is 1. The van der Waals surface area contributed by atoms with Crippen LogP contribution < -0.4 is 14.8 Å². The summed E-state index contributed by atoms with van der Waals surface area (Å²) < 4.78 is 32.4. The molecule has 6 nitrogen and oxygen atoms in total. The van der Waals surface area contributed by atoms with Crippen molar-refractivity contribution >= 4 is 27.2 Å². The summed E-state index contributed by atoms with van der Waals surface area (Å²) in [7, 11) is -2.18. The second-order valence-corrected chi connectivity index (χ2v) is 8.30. The number of methoxy groups -OCH3 is 1. The molecule has 0 aliphatic rings. The van der Waals surface area contributed by atoms with Crippen molar-refractivity contribution in [3.63, 3.8) is 0 Å². The molecule has 0 atom stereocenters. The number of rotatable bonds is 7. The smallest absolute Gasteiger partial charge is 0.263 e. The Balaban J connectivity index is 1.68. The number of nitrogens with zero attached hydrogens (tertiary/aromatic N) is 1. The van der Waals surface area contributed by atoms with E-state index in [0.717, 1.165) is 11.4 Å². The minimum absolute atomic E-state index is 0.141. The van der Waals surface area contributed by atoms with Gasteiger partial charge in [0.1, 0.15) is 11.6 Å². The number of hydrogen-bond donors (Lipinski definition) is 2. The number of hydrogen-bond acceptors (Lipinski definition) is 5. The Labute approximate surface area is 165 Å². The summed E-state index contributed by atoms with van der Waals surface area (Å²) in [5.41, 5.74) is 2.98. The molecule has 0 saturated heterocycles. The van der Waals surface area contributed by atoms with Crippen LogP contribution in [0.5, 0.6) is 5.75 Å². The van der Waals surface area contributed by atoms with Gasteiger partial charge in [-0.05, 0) is 60.0 Å².